The molecular formula is C18H27NO5S. The van der Waals surface area contributed by atoms with E-state index >= 15 is 0 Å². The number of ether oxygens (including phenoxy) is 1. The minimum atomic E-state index is -3.55. The van der Waals surface area contributed by atoms with Crippen LogP contribution in [-0.2, 0) is 10.0 Å². The lowest BCUT2D eigenvalue weighted by Crippen LogP contribution is -2.53. The molecule has 0 saturated heterocycles. The Hall–Kier alpha value is -1.44. The van der Waals surface area contributed by atoms with Crippen LogP contribution in [-0.4, -0.2) is 36.8 Å². The molecule has 0 fully saturated rings. The lowest BCUT2D eigenvalue weighted by molar-refractivity contribution is -0.0603. The SMILES string of the molecule is CCCC(=O)c1ccc2c(c1)[C@@H](NS(=O)(=O)CCC)[C@H](O)C(C)(C)O2. The Kier molecular flexibility index (Phi) is 5.91. The number of Topliss-reactive ketones (excluding diaryl/α,β-unsaturated/α-hetero) is 1. The van der Waals surface area contributed by atoms with Crippen LogP contribution >= 0.6 is 0 Å². The van der Waals surface area contributed by atoms with Gasteiger partial charge < -0.3 is 9.84 Å². The van der Waals surface area contributed by atoms with Crippen LogP contribution in [0.3, 0.4) is 0 Å². The van der Waals surface area contributed by atoms with Crippen molar-refractivity contribution in [1.82, 2.24) is 4.72 Å². The number of carbonyl (C=O) groups is 1. The number of rotatable bonds is 7. The summed E-state index contributed by atoms with van der Waals surface area (Å²) >= 11 is 0. The maximum Gasteiger partial charge on any atom is 0.212 e. The first-order valence-corrected chi connectivity index (χ1v) is 10.3. The van der Waals surface area contributed by atoms with Gasteiger partial charge >= 0.3 is 0 Å². The fourth-order valence-corrected chi connectivity index (χ4v) is 4.29. The zero-order valence-electron chi connectivity index (χ0n) is 15.2. The zero-order valence-corrected chi connectivity index (χ0v) is 16.0. The molecule has 1 aromatic rings. The van der Waals surface area contributed by atoms with E-state index in [1.807, 2.05) is 6.92 Å². The van der Waals surface area contributed by atoms with Crippen molar-refractivity contribution in [2.24, 2.45) is 0 Å². The van der Waals surface area contributed by atoms with E-state index in [-0.39, 0.29) is 11.5 Å². The first-order chi connectivity index (χ1) is 11.6. The van der Waals surface area contributed by atoms with Gasteiger partial charge in [-0.05, 0) is 44.9 Å². The van der Waals surface area contributed by atoms with E-state index < -0.39 is 27.8 Å². The highest BCUT2D eigenvalue weighted by atomic mass is 32.2. The van der Waals surface area contributed by atoms with E-state index in [1.165, 1.54) is 0 Å². The second kappa shape index (κ2) is 7.43. The van der Waals surface area contributed by atoms with Gasteiger partial charge in [-0.1, -0.05) is 13.8 Å². The van der Waals surface area contributed by atoms with E-state index in [0.717, 1.165) is 6.42 Å². The number of nitrogens with one attached hydrogen (secondary N) is 1. The molecule has 140 valence electrons. The van der Waals surface area contributed by atoms with Crippen LogP contribution in [0.4, 0.5) is 0 Å². The lowest BCUT2D eigenvalue weighted by atomic mass is 9.86. The van der Waals surface area contributed by atoms with Crippen molar-refractivity contribution in [1.29, 1.82) is 0 Å². The molecule has 1 aliphatic rings. The molecule has 0 radical (unpaired) electrons. The molecule has 0 aliphatic carbocycles. The van der Waals surface area contributed by atoms with Crippen LogP contribution in [0.1, 0.15) is 68.9 Å². The molecule has 2 N–H and O–H groups in total. The molecular weight excluding hydrogens is 342 g/mol. The zero-order chi connectivity index (χ0) is 18.8. The van der Waals surface area contributed by atoms with Crippen molar-refractivity contribution >= 4 is 15.8 Å². The molecule has 1 heterocycles. The van der Waals surface area contributed by atoms with Crippen molar-refractivity contribution in [2.45, 2.75) is 64.7 Å². The van der Waals surface area contributed by atoms with Crippen molar-refractivity contribution < 1.29 is 23.1 Å². The van der Waals surface area contributed by atoms with Crippen molar-refractivity contribution in [3.63, 3.8) is 0 Å². The third-order valence-corrected chi connectivity index (χ3v) is 5.88. The summed E-state index contributed by atoms with van der Waals surface area (Å²) in [4.78, 5) is 12.2. The highest BCUT2D eigenvalue weighted by Gasteiger charge is 2.44. The summed E-state index contributed by atoms with van der Waals surface area (Å²) < 4.78 is 32.9. The predicted molar refractivity (Wildman–Crippen MR) is 96.3 cm³/mol. The van der Waals surface area contributed by atoms with E-state index in [9.17, 15) is 18.3 Å². The molecule has 25 heavy (non-hydrogen) atoms. The average Bonchev–Trinajstić information content (AvgIpc) is 2.51. The largest absolute Gasteiger partial charge is 0.485 e. The summed E-state index contributed by atoms with van der Waals surface area (Å²) in [6.45, 7) is 7.11. The van der Waals surface area contributed by atoms with Crippen molar-refractivity contribution in [2.75, 3.05) is 5.75 Å². The maximum atomic E-state index is 12.3. The Morgan fingerprint density at radius 2 is 1.96 bits per heavy atom. The standard InChI is InChI=1S/C18H27NO5S/c1-5-7-14(20)12-8-9-15-13(11-12)16(17(21)18(3,4)24-15)19-25(22,23)10-6-2/h8-9,11,16-17,19,21H,5-7,10H2,1-4H3/t16-,17+/m1/s1. The second-order valence-electron chi connectivity index (χ2n) is 6.99. The molecule has 7 heteroatoms. The van der Waals surface area contributed by atoms with Gasteiger partial charge in [0.15, 0.2) is 5.78 Å². The number of benzene rings is 1. The lowest BCUT2D eigenvalue weighted by Gasteiger charge is -2.42. The Labute approximate surface area is 149 Å². The minimum Gasteiger partial charge on any atom is -0.485 e. The van der Waals surface area contributed by atoms with Crippen molar-refractivity contribution in [3.8, 4) is 5.75 Å². The third-order valence-electron chi connectivity index (χ3n) is 4.32. The number of carbonyl (C=O) groups excluding carboxylic acids is 1. The second-order valence-corrected chi connectivity index (χ2v) is 8.86. The monoisotopic (exact) mass is 369 g/mol. The number of hydrogen-bond donors (Lipinski definition) is 2. The van der Waals surface area contributed by atoms with Crippen LogP contribution < -0.4 is 9.46 Å². The Morgan fingerprint density at radius 1 is 1.28 bits per heavy atom. The van der Waals surface area contributed by atoms with E-state index in [1.54, 1.807) is 39.0 Å². The van der Waals surface area contributed by atoms with Gasteiger partial charge in [-0.25, -0.2) is 13.1 Å². The van der Waals surface area contributed by atoms with Gasteiger partial charge in [-0.2, -0.15) is 0 Å². The molecule has 0 bridgehead atoms. The van der Waals surface area contributed by atoms with Gasteiger partial charge in [-0.15, -0.1) is 0 Å². The first-order valence-electron chi connectivity index (χ1n) is 8.65. The molecule has 6 nitrogen and oxygen atoms in total. The number of ketones is 1. The summed E-state index contributed by atoms with van der Waals surface area (Å²) in [5, 5.41) is 10.7. The van der Waals surface area contributed by atoms with Crippen LogP contribution in [0, 0.1) is 0 Å². The summed E-state index contributed by atoms with van der Waals surface area (Å²) in [6.07, 6.45) is 0.539. The van der Waals surface area contributed by atoms with Crippen LogP contribution in [0.5, 0.6) is 5.75 Å². The number of fused-ring (bicyclic) bond motifs is 1. The summed E-state index contributed by atoms with van der Waals surface area (Å²) in [5.74, 6) is 0.439. The topological polar surface area (TPSA) is 92.7 Å². The number of aliphatic hydroxyl groups excluding tert-OH is 1. The number of aliphatic hydroxyl groups is 1. The Bertz CT molecular complexity index is 742. The Balaban J connectivity index is 2.48. The molecule has 0 amide bonds. The Morgan fingerprint density at radius 3 is 2.56 bits per heavy atom. The van der Waals surface area contributed by atoms with Crippen LogP contribution in [0.15, 0.2) is 18.2 Å². The maximum absolute atomic E-state index is 12.3. The number of sulfonamides is 1. The fourth-order valence-electron chi connectivity index (χ4n) is 2.99. The fraction of sp³-hybridized carbons (Fsp3) is 0.611. The molecule has 2 rings (SSSR count). The van der Waals surface area contributed by atoms with Gasteiger partial charge in [-0.3, -0.25) is 4.79 Å². The first kappa shape index (κ1) is 19.9. The average molecular weight is 369 g/mol. The highest BCUT2D eigenvalue weighted by molar-refractivity contribution is 7.89. The van der Waals surface area contributed by atoms with E-state index in [0.29, 0.717) is 29.7 Å². The predicted octanol–water partition coefficient (Wildman–Crippen LogP) is 2.57. The summed E-state index contributed by atoms with van der Waals surface area (Å²) in [5.41, 5.74) is 0.0330. The summed E-state index contributed by atoms with van der Waals surface area (Å²) in [7, 11) is -3.55. The summed E-state index contributed by atoms with van der Waals surface area (Å²) in [6, 6.07) is 4.13. The quantitative estimate of drug-likeness (QED) is 0.721. The minimum absolute atomic E-state index is 0.0141. The highest BCUT2D eigenvalue weighted by Crippen LogP contribution is 2.40. The van der Waals surface area contributed by atoms with Crippen LogP contribution in [0.25, 0.3) is 0 Å². The van der Waals surface area contributed by atoms with Gasteiger partial charge in [0.2, 0.25) is 10.0 Å². The molecule has 0 aromatic heterocycles. The smallest absolute Gasteiger partial charge is 0.212 e. The number of hydrogen-bond acceptors (Lipinski definition) is 5. The van der Waals surface area contributed by atoms with Gasteiger partial charge in [0, 0.05) is 17.5 Å². The van der Waals surface area contributed by atoms with Gasteiger partial charge in [0.25, 0.3) is 0 Å². The molecule has 2 atom stereocenters. The molecule has 1 aliphatic heterocycles. The normalized spacial score (nSPS) is 22.1. The van der Waals surface area contributed by atoms with Gasteiger partial charge in [0.1, 0.15) is 17.5 Å². The van der Waals surface area contributed by atoms with Gasteiger partial charge in [0.05, 0.1) is 11.8 Å². The molecule has 0 saturated carbocycles. The molecule has 1 aromatic carbocycles. The molecule has 0 spiro atoms. The third kappa shape index (κ3) is 4.40. The van der Waals surface area contributed by atoms with Crippen LogP contribution in [0.2, 0.25) is 0 Å². The molecule has 0 unspecified atom stereocenters. The van der Waals surface area contributed by atoms with Crippen molar-refractivity contribution in [3.05, 3.63) is 29.3 Å². The van der Waals surface area contributed by atoms with E-state index in [2.05, 4.69) is 4.72 Å². The van der Waals surface area contributed by atoms with E-state index in [4.69, 9.17) is 4.74 Å².